The van der Waals surface area contributed by atoms with Gasteiger partial charge in [0.1, 0.15) is 5.75 Å². The van der Waals surface area contributed by atoms with E-state index in [1.807, 2.05) is 52.7 Å². The maximum Gasteiger partial charge on any atom is 0.268 e. The SMILES string of the molecule is COc1ccc(CCN2CCN(C(=O)c3ccccc3N(C)C(=O)c3cccs3)CC2)cc1. The Hall–Kier alpha value is -3.16. The van der Waals surface area contributed by atoms with Crippen molar-refractivity contribution in [2.24, 2.45) is 0 Å². The average molecular weight is 464 g/mol. The lowest BCUT2D eigenvalue weighted by atomic mass is 10.1. The molecule has 4 rings (SSSR count). The first-order valence-corrected chi connectivity index (χ1v) is 12.0. The number of carbonyl (C=O) groups excluding carboxylic acids is 2. The number of benzene rings is 2. The molecule has 1 aliphatic rings. The summed E-state index contributed by atoms with van der Waals surface area (Å²) in [5.41, 5.74) is 2.49. The monoisotopic (exact) mass is 463 g/mol. The Morgan fingerprint density at radius 3 is 2.36 bits per heavy atom. The van der Waals surface area contributed by atoms with Gasteiger partial charge in [-0.15, -0.1) is 11.3 Å². The van der Waals surface area contributed by atoms with E-state index in [2.05, 4.69) is 17.0 Å². The van der Waals surface area contributed by atoms with Gasteiger partial charge in [-0.05, 0) is 47.7 Å². The fraction of sp³-hybridized carbons (Fsp3) is 0.308. The van der Waals surface area contributed by atoms with Crippen LogP contribution in [-0.2, 0) is 6.42 Å². The van der Waals surface area contributed by atoms with Gasteiger partial charge in [-0.1, -0.05) is 30.3 Å². The topological polar surface area (TPSA) is 53.1 Å². The molecular formula is C26H29N3O3S. The van der Waals surface area contributed by atoms with Crippen molar-refractivity contribution in [3.63, 3.8) is 0 Å². The number of ether oxygens (including phenoxy) is 1. The number of rotatable bonds is 7. The zero-order valence-corrected chi connectivity index (χ0v) is 19.9. The van der Waals surface area contributed by atoms with Gasteiger partial charge in [-0.2, -0.15) is 0 Å². The number of nitrogens with zero attached hydrogens (tertiary/aromatic N) is 3. The summed E-state index contributed by atoms with van der Waals surface area (Å²) in [5.74, 6) is 0.744. The summed E-state index contributed by atoms with van der Waals surface area (Å²) < 4.78 is 5.22. The van der Waals surface area contributed by atoms with E-state index < -0.39 is 0 Å². The van der Waals surface area contributed by atoms with Crippen molar-refractivity contribution in [1.82, 2.24) is 9.80 Å². The summed E-state index contributed by atoms with van der Waals surface area (Å²) in [6.45, 7) is 4.00. The number of thiophene rings is 1. The highest BCUT2D eigenvalue weighted by molar-refractivity contribution is 7.12. The van der Waals surface area contributed by atoms with Crippen molar-refractivity contribution in [2.75, 3.05) is 51.8 Å². The minimum Gasteiger partial charge on any atom is -0.497 e. The summed E-state index contributed by atoms with van der Waals surface area (Å²) in [5, 5.41) is 1.88. The highest BCUT2D eigenvalue weighted by Crippen LogP contribution is 2.24. The number of carbonyl (C=O) groups is 2. The minimum atomic E-state index is -0.103. The molecule has 0 spiro atoms. The van der Waals surface area contributed by atoms with E-state index in [4.69, 9.17) is 4.74 Å². The molecule has 1 fully saturated rings. The van der Waals surface area contributed by atoms with E-state index in [1.54, 1.807) is 25.1 Å². The van der Waals surface area contributed by atoms with Crippen LogP contribution in [0.4, 0.5) is 5.69 Å². The third-order valence-corrected chi connectivity index (χ3v) is 6.93. The standard InChI is InChI=1S/C26H29N3O3S/c1-27(26(31)24-8-5-19-33-24)23-7-4-3-6-22(23)25(30)29-17-15-28(16-18-29)14-13-20-9-11-21(32-2)12-10-20/h3-12,19H,13-18H2,1-2H3. The predicted molar refractivity (Wildman–Crippen MR) is 133 cm³/mol. The van der Waals surface area contributed by atoms with Gasteiger partial charge >= 0.3 is 0 Å². The van der Waals surface area contributed by atoms with Crippen LogP contribution >= 0.6 is 11.3 Å². The zero-order chi connectivity index (χ0) is 23.2. The summed E-state index contributed by atoms with van der Waals surface area (Å²) in [7, 11) is 3.40. The van der Waals surface area contributed by atoms with Crippen LogP contribution < -0.4 is 9.64 Å². The highest BCUT2D eigenvalue weighted by atomic mass is 32.1. The van der Waals surface area contributed by atoms with Crippen molar-refractivity contribution in [2.45, 2.75) is 6.42 Å². The molecule has 6 nitrogen and oxygen atoms in total. The Kier molecular flexibility index (Phi) is 7.42. The summed E-state index contributed by atoms with van der Waals surface area (Å²) >= 11 is 1.40. The second kappa shape index (κ2) is 10.6. The quantitative estimate of drug-likeness (QED) is 0.531. The van der Waals surface area contributed by atoms with Crippen molar-refractivity contribution >= 4 is 28.8 Å². The maximum absolute atomic E-state index is 13.3. The summed E-state index contributed by atoms with van der Waals surface area (Å²) in [6, 6.07) is 19.2. The van der Waals surface area contributed by atoms with Gasteiger partial charge < -0.3 is 14.5 Å². The van der Waals surface area contributed by atoms with Gasteiger partial charge in [0.15, 0.2) is 0 Å². The van der Waals surface area contributed by atoms with Gasteiger partial charge in [-0.25, -0.2) is 0 Å². The van der Waals surface area contributed by atoms with Crippen LogP contribution in [0.25, 0.3) is 0 Å². The fourth-order valence-electron chi connectivity index (χ4n) is 4.05. The van der Waals surface area contributed by atoms with Gasteiger partial charge in [0, 0.05) is 39.8 Å². The van der Waals surface area contributed by atoms with Gasteiger partial charge in [-0.3, -0.25) is 14.5 Å². The number of hydrogen-bond acceptors (Lipinski definition) is 5. The summed E-state index contributed by atoms with van der Waals surface area (Å²) in [4.78, 5) is 32.7. The Labute approximate surface area is 199 Å². The normalized spacial score (nSPS) is 14.2. The molecule has 0 unspecified atom stereocenters. The molecule has 1 aromatic heterocycles. The third kappa shape index (κ3) is 5.43. The molecule has 0 aliphatic carbocycles. The van der Waals surface area contributed by atoms with E-state index in [9.17, 15) is 9.59 Å². The molecule has 33 heavy (non-hydrogen) atoms. The van der Waals surface area contributed by atoms with Gasteiger partial charge in [0.25, 0.3) is 11.8 Å². The molecule has 0 atom stereocenters. The lowest BCUT2D eigenvalue weighted by molar-refractivity contribution is 0.0639. The Morgan fingerprint density at radius 2 is 1.70 bits per heavy atom. The first-order chi connectivity index (χ1) is 16.1. The number of piperazine rings is 1. The van der Waals surface area contributed by atoms with E-state index >= 15 is 0 Å². The molecule has 1 saturated heterocycles. The molecular weight excluding hydrogens is 434 g/mol. The van der Waals surface area contributed by atoms with Gasteiger partial charge in [0.05, 0.1) is 23.2 Å². The van der Waals surface area contributed by atoms with Crippen LogP contribution in [-0.4, -0.2) is 68.5 Å². The highest BCUT2D eigenvalue weighted by Gasteiger charge is 2.26. The van der Waals surface area contributed by atoms with E-state index in [1.165, 1.54) is 16.9 Å². The van der Waals surface area contributed by atoms with Crippen LogP contribution in [0.15, 0.2) is 66.0 Å². The van der Waals surface area contributed by atoms with Crippen molar-refractivity contribution in [3.05, 3.63) is 82.0 Å². The van der Waals surface area contributed by atoms with E-state index in [-0.39, 0.29) is 11.8 Å². The summed E-state index contributed by atoms with van der Waals surface area (Å²) in [6.07, 6.45) is 0.969. The molecule has 2 heterocycles. The predicted octanol–water partition coefficient (Wildman–Crippen LogP) is 4.03. The third-order valence-electron chi connectivity index (χ3n) is 6.07. The Morgan fingerprint density at radius 1 is 0.970 bits per heavy atom. The first kappa shape index (κ1) is 23.0. The maximum atomic E-state index is 13.3. The van der Waals surface area contributed by atoms with Crippen LogP contribution in [0.3, 0.4) is 0 Å². The number of methoxy groups -OCH3 is 1. The lowest BCUT2D eigenvalue weighted by Crippen LogP contribution is -2.49. The molecule has 1 aliphatic heterocycles. The van der Waals surface area contributed by atoms with Crippen molar-refractivity contribution in [1.29, 1.82) is 0 Å². The fourth-order valence-corrected chi connectivity index (χ4v) is 4.74. The number of amides is 2. The van der Waals surface area contributed by atoms with Crippen LogP contribution in [0, 0.1) is 0 Å². The number of para-hydroxylation sites is 1. The molecule has 2 amide bonds. The molecule has 0 bridgehead atoms. The molecule has 0 saturated carbocycles. The second-order valence-corrected chi connectivity index (χ2v) is 9.04. The lowest BCUT2D eigenvalue weighted by Gasteiger charge is -2.35. The van der Waals surface area contributed by atoms with Crippen molar-refractivity contribution < 1.29 is 14.3 Å². The largest absolute Gasteiger partial charge is 0.497 e. The molecule has 0 N–H and O–H groups in total. The van der Waals surface area contributed by atoms with E-state index in [0.29, 0.717) is 29.2 Å². The molecule has 0 radical (unpaired) electrons. The number of hydrogen-bond donors (Lipinski definition) is 0. The second-order valence-electron chi connectivity index (χ2n) is 8.09. The Bertz CT molecular complexity index is 1070. The van der Waals surface area contributed by atoms with Crippen LogP contribution in [0.5, 0.6) is 5.75 Å². The first-order valence-electron chi connectivity index (χ1n) is 11.1. The molecule has 2 aromatic carbocycles. The average Bonchev–Trinajstić information content (AvgIpc) is 3.42. The minimum absolute atomic E-state index is 0.0220. The molecule has 7 heteroatoms. The van der Waals surface area contributed by atoms with Crippen LogP contribution in [0.2, 0.25) is 0 Å². The number of anilines is 1. The smallest absolute Gasteiger partial charge is 0.268 e. The van der Waals surface area contributed by atoms with Crippen molar-refractivity contribution in [3.8, 4) is 5.75 Å². The molecule has 172 valence electrons. The van der Waals surface area contributed by atoms with Gasteiger partial charge in [0.2, 0.25) is 0 Å². The zero-order valence-electron chi connectivity index (χ0n) is 19.1. The van der Waals surface area contributed by atoms with E-state index in [0.717, 1.165) is 31.8 Å². The van der Waals surface area contributed by atoms with Crippen LogP contribution in [0.1, 0.15) is 25.6 Å². The Balaban J connectivity index is 1.35. The molecule has 3 aromatic rings.